The van der Waals surface area contributed by atoms with Gasteiger partial charge in [0.2, 0.25) is 0 Å². The molecule has 17 heavy (non-hydrogen) atoms. The van der Waals surface area contributed by atoms with Crippen LogP contribution in [0.1, 0.15) is 34.1 Å². The van der Waals surface area contributed by atoms with Crippen LogP contribution in [0.5, 0.6) is 0 Å². The smallest absolute Gasteiger partial charge is 0.407 e. The number of carbonyl (C=O) groups excluding carboxylic acids is 1. The highest BCUT2D eigenvalue weighted by molar-refractivity contribution is 5.67. The topological polar surface area (TPSA) is 41.6 Å². The zero-order valence-electron chi connectivity index (χ0n) is 11.5. The minimum Gasteiger partial charge on any atom is -0.450 e. The first-order valence-corrected chi connectivity index (χ1v) is 6.72. The van der Waals surface area contributed by atoms with Gasteiger partial charge in [0.15, 0.2) is 0 Å². The van der Waals surface area contributed by atoms with Crippen LogP contribution in [0.15, 0.2) is 0 Å². The SMILES string of the molecule is CCOC(=O)NC1CC(C(C)C)CN(CC)C1. The minimum atomic E-state index is -0.280. The number of rotatable bonds is 4. The van der Waals surface area contributed by atoms with E-state index in [1.165, 1.54) is 0 Å². The van der Waals surface area contributed by atoms with Gasteiger partial charge in [-0.2, -0.15) is 0 Å². The lowest BCUT2D eigenvalue weighted by molar-refractivity contribution is 0.105. The van der Waals surface area contributed by atoms with Gasteiger partial charge in [-0.3, -0.25) is 0 Å². The zero-order valence-corrected chi connectivity index (χ0v) is 11.5. The van der Waals surface area contributed by atoms with E-state index in [4.69, 9.17) is 4.74 Å². The number of nitrogens with zero attached hydrogens (tertiary/aromatic N) is 1. The first-order chi connectivity index (χ1) is 8.06. The lowest BCUT2D eigenvalue weighted by Crippen LogP contribution is -2.51. The largest absolute Gasteiger partial charge is 0.450 e. The van der Waals surface area contributed by atoms with Crippen LogP contribution in [-0.4, -0.2) is 43.3 Å². The van der Waals surface area contributed by atoms with Crippen LogP contribution >= 0.6 is 0 Å². The van der Waals surface area contributed by atoms with E-state index in [0.29, 0.717) is 18.4 Å². The summed E-state index contributed by atoms with van der Waals surface area (Å²) in [4.78, 5) is 13.8. The van der Waals surface area contributed by atoms with Gasteiger partial charge in [-0.1, -0.05) is 20.8 Å². The standard InChI is InChI=1S/C13H26N2O2/c1-5-15-8-11(10(3)4)7-12(9-15)14-13(16)17-6-2/h10-12H,5-9H2,1-4H3,(H,14,16). The second kappa shape index (κ2) is 6.84. The van der Waals surface area contributed by atoms with E-state index >= 15 is 0 Å². The highest BCUT2D eigenvalue weighted by atomic mass is 16.5. The van der Waals surface area contributed by atoms with Crippen molar-refractivity contribution in [3.05, 3.63) is 0 Å². The Balaban J connectivity index is 2.50. The molecule has 2 unspecified atom stereocenters. The molecule has 4 nitrogen and oxygen atoms in total. The predicted octanol–water partition coefficient (Wildman–Crippen LogP) is 2.10. The Labute approximate surface area is 105 Å². The Morgan fingerprint density at radius 2 is 2.12 bits per heavy atom. The molecule has 1 fully saturated rings. The van der Waals surface area contributed by atoms with Gasteiger partial charge in [-0.05, 0) is 31.7 Å². The predicted molar refractivity (Wildman–Crippen MR) is 69.0 cm³/mol. The summed E-state index contributed by atoms with van der Waals surface area (Å²) in [5.41, 5.74) is 0. The number of ether oxygens (including phenoxy) is 1. The van der Waals surface area contributed by atoms with Crippen molar-refractivity contribution in [2.45, 2.75) is 40.2 Å². The van der Waals surface area contributed by atoms with Crippen molar-refractivity contribution < 1.29 is 9.53 Å². The van der Waals surface area contributed by atoms with Crippen molar-refractivity contribution in [1.29, 1.82) is 0 Å². The van der Waals surface area contributed by atoms with Gasteiger partial charge >= 0.3 is 6.09 Å². The van der Waals surface area contributed by atoms with Crippen molar-refractivity contribution in [3.8, 4) is 0 Å². The fourth-order valence-corrected chi connectivity index (χ4v) is 2.42. The molecule has 0 aromatic carbocycles. The number of hydrogen-bond donors (Lipinski definition) is 1. The highest BCUT2D eigenvalue weighted by Gasteiger charge is 2.29. The maximum atomic E-state index is 11.4. The van der Waals surface area contributed by atoms with Gasteiger partial charge < -0.3 is 15.0 Å². The quantitative estimate of drug-likeness (QED) is 0.821. The monoisotopic (exact) mass is 242 g/mol. The molecule has 1 amide bonds. The van der Waals surface area contributed by atoms with Crippen molar-refractivity contribution >= 4 is 6.09 Å². The molecule has 2 atom stereocenters. The molecular weight excluding hydrogens is 216 g/mol. The third-order valence-corrected chi connectivity index (χ3v) is 3.55. The average Bonchev–Trinajstić information content (AvgIpc) is 2.28. The molecule has 0 saturated carbocycles. The summed E-state index contributed by atoms with van der Waals surface area (Å²) >= 11 is 0. The number of nitrogens with one attached hydrogen (secondary N) is 1. The van der Waals surface area contributed by atoms with E-state index in [1.807, 2.05) is 6.92 Å². The Kier molecular flexibility index (Phi) is 5.75. The second-order valence-corrected chi connectivity index (χ2v) is 5.15. The van der Waals surface area contributed by atoms with Gasteiger partial charge in [-0.25, -0.2) is 4.79 Å². The summed E-state index contributed by atoms with van der Waals surface area (Å²) < 4.78 is 4.94. The zero-order chi connectivity index (χ0) is 12.8. The molecule has 0 aliphatic carbocycles. The summed E-state index contributed by atoms with van der Waals surface area (Å²) in [7, 11) is 0. The maximum Gasteiger partial charge on any atom is 0.407 e. The van der Waals surface area contributed by atoms with E-state index in [0.717, 1.165) is 26.1 Å². The number of amides is 1. The van der Waals surface area contributed by atoms with Gasteiger partial charge in [0, 0.05) is 19.1 Å². The lowest BCUT2D eigenvalue weighted by atomic mass is 9.85. The Hall–Kier alpha value is -0.770. The van der Waals surface area contributed by atoms with Crippen molar-refractivity contribution in [1.82, 2.24) is 10.2 Å². The third-order valence-electron chi connectivity index (χ3n) is 3.55. The molecule has 0 bridgehead atoms. The third kappa shape index (κ3) is 4.54. The van der Waals surface area contributed by atoms with E-state index < -0.39 is 0 Å². The lowest BCUT2D eigenvalue weighted by Gasteiger charge is -2.39. The van der Waals surface area contributed by atoms with Crippen LogP contribution in [0.4, 0.5) is 4.79 Å². The Bertz CT molecular complexity index is 244. The first kappa shape index (κ1) is 14.3. The van der Waals surface area contributed by atoms with Crippen LogP contribution in [0, 0.1) is 11.8 Å². The van der Waals surface area contributed by atoms with Crippen molar-refractivity contribution in [2.24, 2.45) is 11.8 Å². The van der Waals surface area contributed by atoms with Crippen LogP contribution < -0.4 is 5.32 Å². The molecule has 100 valence electrons. The van der Waals surface area contributed by atoms with Gasteiger partial charge in [0.25, 0.3) is 0 Å². The van der Waals surface area contributed by atoms with E-state index in [2.05, 4.69) is 31.0 Å². The molecular formula is C13H26N2O2. The summed E-state index contributed by atoms with van der Waals surface area (Å²) in [5, 5.41) is 2.97. The van der Waals surface area contributed by atoms with Gasteiger partial charge in [0.1, 0.15) is 0 Å². The molecule has 0 aromatic rings. The summed E-state index contributed by atoms with van der Waals surface area (Å²) in [6, 6.07) is 0.232. The molecule has 1 saturated heterocycles. The molecule has 0 aromatic heterocycles. The molecule has 0 spiro atoms. The fraction of sp³-hybridized carbons (Fsp3) is 0.923. The summed E-state index contributed by atoms with van der Waals surface area (Å²) in [5.74, 6) is 1.33. The van der Waals surface area contributed by atoms with Crippen molar-refractivity contribution in [3.63, 3.8) is 0 Å². The fourth-order valence-electron chi connectivity index (χ4n) is 2.42. The number of likely N-dealkylation sites (N-methyl/N-ethyl adjacent to an activating group) is 1. The number of alkyl carbamates (subject to hydrolysis) is 1. The van der Waals surface area contributed by atoms with Crippen LogP contribution in [-0.2, 0) is 4.74 Å². The number of likely N-dealkylation sites (tertiary alicyclic amines) is 1. The number of carbonyl (C=O) groups is 1. The molecule has 1 rings (SSSR count). The second-order valence-electron chi connectivity index (χ2n) is 5.15. The summed E-state index contributed by atoms with van der Waals surface area (Å²) in [6.45, 7) is 12.1. The number of piperidine rings is 1. The molecule has 0 radical (unpaired) electrons. The van der Waals surface area contributed by atoms with Gasteiger partial charge in [0.05, 0.1) is 6.61 Å². The molecule has 1 heterocycles. The molecule has 1 N–H and O–H groups in total. The molecule has 1 aliphatic rings. The highest BCUT2D eigenvalue weighted by Crippen LogP contribution is 2.23. The Morgan fingerprint density at radius 1 is 1.41 bits per heavy atom. The summed E-state index contributed by atoms with van der Waals surface area (Å²) in [6.07, 6.45) is 0.783. The van der Waals surface area contributed by atoms with Crippen LogP contribution in [0.2, 0.25) is 0 Å². The first-order valence-electron chi connectivity index (χ1n) is 6.72. The Morgan fingerprint density at radius 3 is 2.65 bits per heavy atom. The van der Waals surface area contributed by atoms with E-state index in [1.54, 1.807) is 0 Å². The maximum absolute atomic E-state index is 11.4. The van der Waals surface area contributed by atoms with Crippen molar-refractivity contribution in [2.75, 3.05) is 26.2 Å². The van der Waals surface area contributed by atoms with E-state index in [9.17, 15) is 4.79 Å². The van der Waals surface area contributed by atoms with Crippen LogP contribution in [0.25, 0.3) is 0 Å². The van der Waals surface area contributed by atoms with Crippen LogP contribution in [0.3, 0.4) is 0 Å². The minimum absolute atomic E-state index is 0.232. The molecule has 1 aliphatic heterocycles. The number of hydrogen-bond acceptors (Lipinski definition) is 3. The molecule has 4 heteroatoms. The normalized spacial score (nSPS) is 25.9. The van der Waals surface area contributed by atoms with Gasteiger partial charge in [-0.15, -0.1) is 0 Å². The van der Waals surface area contributed by atoms with E-state index in [-0.39, 0.29) is 12.1 Å². The average molecular weight is 242 g/mol.